The predicted octanol–water partition coefficient (Wildman–Crippen LogP) is 3.14. The first kappa shape index (κ1) is 25.5. The van der Waals surface area contributed by atoms with Gasteiger partial charge < -0.3 is 19.7 Å². The van der Waals surface area contributed by atoms with Crippen LogP contribution in [0.5, 0.6) is 11.5 Å². The molecule has 0 saturated carbocycles. The van der Waals surface area contributed by atoms with Crippen LogP contribution in [0.4, 0.5) is 5.69 Å². The van der Waals surface area contributed by atoms with E-state index in [9.17, 15) is 18.0 Å². The molecule has 0 spiro atoms. The molecule has 1 aliphatic rings. The predicted molar refractivity (Wildman–Crippen MR) is 129 cm³/mol. The summed E-state index contributed by atoms with van der Waals surface area (Å²) in [5.74, 6) is -0.189. The number of aryl methyl sites for hydroxylation is 1. The third-order valence-electron chi connectivity index (χ3n) is 5.81. The number of ether oxygens (including phenoxy) is 2. The van der Waals surface area contributed by atoms with E-state index >= 15 is 0 Å². The van der Waals surface area contributed by atoms with Crippen molar-refractivity contribution in [2.24, 2.45) is 0 Å². The summed E-state index contributed by atoms with van der Waals surface area (Å²) in [5.41, 5.74) is 1.25. The van der Waals surface area contributed by atoms with Gasteiger partial charge in [-0.3, -0.25) is 9.59 Å². The van der Waals surface area contributed by atoms with Gasteiger partial charge in [-0.05, 0) is 43.5 Å². The second kappa shape index (κ2) is 10.4. The molecule has 34 heavy (non-hydrogen) atoms. The average molecular weight is 490 g/mol. The number of sulfonamides is 1. The highest BCUT2D eigenvalue weighted by molar-refractivity contribution is 7.89. The van der Waals surface area contributed by atoms with Gasteiger partial charge in [-0.2, -0.15) is 4.31 Å². The van der Waals surface area contributed by atoms with E-state index in [1.807, 2.05) is 0 Å². The maximum absolute atomic E-state index is 13.3. The van der Waals surface area contributed by atoms with Crippen LogP contribution in [0.15, 0.2) is 35.2 Å². The average Bonchev–Trinajstić information content (AvgIpc) is 2.83. The summed E-state index contributed by atoms with van der Waals surface area (Å²) in [6, 6.07) is 7.54. The highest BCUT2D eigenvalue weighted by atomic mass is 32.2. The van der Waals surface area contributed by atoms with Crippen LogP contribution in [0.2, 0.25) is 0 Å². The van der Waals surface area contributed by atoms with Crippen LogP contribution in [0, 0.1) is 6.92 Å². The molecule has 184 valence electrons. The number of methoxy groups -OCH3 is 2. The number of amides is 2. The van der Waals surface area contributed by atoms with Crippen molar-refractivity contribution >= 4 is 27.5 Å². The Morgan fingerprint density at radius 1 is 0.941 bits per heavy atom. The molecule has 1 heterocycles. The first-order valence-corrected chi connectivity index (χ1v) is 12.4. The number of nitrogens with one attached hydrogen (secondary N) is 1. The number of carbonyl (C=O) groups is 2. The fraction of sp³-hybridized carbons (Fsp3) is 0.417. The van der Waals surface area contributed by atoms with Crippen molar-refractivity contribution in [3.05, 3.63) is 47.0 Å². The summed E-state index contributed by atoms with van der Waals surface area (Å²) < 4.78 is 38.3. The van der Waals surface area contributed by atoms with Gasteiger partial charge in [0, 0.05) is 38.8 Å². The Labute approximate surface area is 200 Å². The van der Waals surface area contributed by atoms with Crippen molar-refractivity contribution in [2.75, 3.05) is 46.7 Å². The monoisotopic (exact) mass is 489 g/mol. The van der Waals surface area contributed by atoms with Gasteiger partial charge in [-0.1, -0.05) is 12.5 Å². The van der Waals surface area contributed by atoms with Gasteiger partial charge in [0.25, 0.3) is 11.8 Å². The van der Waals surface area contributed by atoms with Crippen LogP contribution in [-0.2, 0) is 10.0 Å². The molecule has 10 heteroatoms. The first-order chi connectivity index (χ1) is 16.1. The molecule has 2 amide bonds. The minimum atomic E-state index is -3.70. The largest absolute Gasteiger partial charge is 0.493 e. The number of hydrogen-bond acceptors (Lipinski definition) is 6. The van der Waals surface area contributed by atoms with Crippen LogP contribution in [0.25, 0.3) is 0 Å². The molecule has 0 unspecified atom stereocenters. The van der Waals surface area contributed by atoms with Crippen molar-refractivity contribution in [3.8, 4) is 11.5 Å². The van der Waals surface area contributed by atoms with Gasteiger partial charge in [0.2, 0.25) is 10.0 Å². The van der Waals surface area contributed by atoms with Crippen molar-refractivity contribution in [1.82, 2.24) is 9.21 Å². The number of nitrogens with zero attached hydrogens (tertiary/aromatic N) is 2. The molecule has 1 N–H and O–H groups in total. The lowest BCUT2D eigenvalue weighted by atomic mass is 10.1. The van der Waals surface area contributed by atoms with Crippen LogP contribution >= 0.6 is 0 Å². The van der Waals surface area contributed by atoms with E-state index < -0.39 is 15.9 Å². The van der Waals surface area contributed by atoms with Gasteiger partial charge in [0.05, 0.1) is 30.4 Å². The summed E-state index contributed by atoms with van der Waals surface area (Å²) in [6.07, 6.45) is 2.65. The summed E-state index contributed by atoms with van der Waals surface area (Å²) in [6.45, 7) is 2.67. The Morgan fingerprint density at radius 2 is 1.56 bits per heavy atom. The van der Waals surface area contributed by atoms with E-state index in [1.54, 1.807) is 27.1 Å². The Kier molecular flexibility index (Phi) is 7.83. The lowest BCUT2D eigenvalue weighted by molar-refractivity contribution is 0.0828. The number of benzene rings is 2. The second-order valence-electron chi connectivity index (χ2n) is 8.35. The zero-order valence-electron chi connectivity index (χ0n) is 20.2. The van der Waals surface area contributed by atoms with Crippen LogP contribution in [-0.4, -0.2) is 70.8 Å². The SMILES string of the molecule is COc1cc(NC(=O)c2cc(S(=O)(=O)N3CCCCC3)ccc2C)c(C(=O)N(C)C)cc1OC. The van der Waals surface area contributed by atoms with E-state index in [4.69, 9.17) is 9.47 Å². The minimum Gasteiger partial charge on any atom is -0.493 e. The molecule has 2 aromatic rings. The van der Waals surface area contributed by atoms with Gasteiger partial charge in [0.15, 0.2) is 11.5 Å². The molecule has 0 radical (unpaired) electrons. The van der Waals surface area contributed by atoms with E-state index in [0.29, 0.717) is 30.2 Å². The molecule has 3 rings (SSSR count). The molecule has 9 nitrogen and oxygen atoms in total. The summed E-state index contributed by atoms with van der Waals surface area (Å²) in [7, 11) is 2.41. The molecule has 0 bridgehead atoms. The van der Waals surface area contributed by atoms with E-state index in [1.165, 1.54) is 47.7 Å². The molecule has 1 aliphatic heterocycles. The molecular weight excluding hydrogens is 458 g/mol. The maximum atomic E-state index is 13.3. The Morgan fingerprint density at radius 3 is 2.15 bits per heavy atom. The Balaban J connectivity index is 2.00. The minimum absolute atomic E-state index is 0.0713. The number of piperidine rings is 1. The van der Waals surface area contributed by atoms with Crippen molar-refractivity contribution < 1.29 is 27.5 Å². The van der Waals surface area contributed by atoms with Crippen molar-refractivity contribution in [1.29, 1.82) is 0 Å². The topological polar surface area (TPSA) is 105 Å². The maximum Gasteiger partial charge on any atom is 0.255 e. The molecular formula is C24H31N3O6S. The van der Waals surface area contributed by atoms with Gasteiger partial charge >= 0.3 is 0 Å². The fourth-order valence-corrected chi connectivity index (χ4v) is 5.39. The van der Waals surface area contributed by atoms with E-state index in [0.717, 1.165) is 19.3 Å². The molecule has 1 saturated heterocycles. The number of hydrogen-bond donors (Lipinski definition) is 1. The fourth-order valence-electron chi connectivity index (χ4n) is 3.85. The number of anilines is 1. The number of rotatable bonds is 7. The molecule has 0 atom stereocenters. The van der Waals surface area contributed by atoms with Crippen LogP contribution < -0.4 is 14.8 Å². The molecule has 0 aromatic heterocycles. The quantitative estimate of drug-likeness (QED) is 0.641. The zero-order valence-corrected chi connectivity index (χ0v) is 21.0. The van der Waals surface area contributed by atoms with Gasteiger partial charge in [-0.15, -0.1) is 0 Å². The normalized spacial score (nSPS) is 14.4. The second-order valence-corrected chi connectivity index (χ2v) is 10.3. The van der Waals surface area contributed by atoms with Crippen LogP contribution in [0.1, 0.15) is 45.5 Å². The van der Waals surface area contributed by atoms with E-state index in [2.05, 4.69) is 5.32 Å². The third-order valence-corrected chi connectivity index (χ3v) is 7.71. The summed E-state index contributed by atoms with van der Waals surface area (Å²) in [5, 5.41) is 2.76. The van der Waals surface area contributed by atoms with Crippen LogP contribution in [0.3, 0.4) is 0 Å². The first-order valence-electron chi connectivity index (χ1n) is 11.0. The van der Waals surface area contributed by atoms with E-state index in [-0.39, 0.29) is 27.6 Å². The zero-order chi connectivity index (χ0) is 25.0. The Hall–Kier alpha value is -3.11. The van der Waals surface area contributed by atoms with Gasteiger partial charge in [-0.25, -0.2) is 8.42 Å². The lowest BCUT2D eigenvalue weighted by Gasteiger charge is -2.26. The highest BCUT2D eigenvalue weighted by Crippen LogP contribution is 2.34. The third kappa shape index (κ3) is 5.18. The molecule has 0 aliphatic carbocycles. The molecule has 2 aromatic carbocycles. The summed E-state index contributed by atoms with van der Waals surface area (Å²) in [4.78, 5) is 27.5. The van der Waals surface area contributed by atoms with Gasteiger partial charge in [0.1, 0.15) is 0 Å². The molecule has 1 fully saturated rings. The smallest absolute Gasteiger partial charge is 0.255 e. The highest BCUT2D eigenvalue weighted by Gasteiger charge is 2.27. The lowest BCUT2D eigenvalue weighted by Crippen LogP contribution is -2.35. The van der Waals surface area contributed by atoms with Crippen molar-refractivity contribution in [3.63, 3.8) is 0 Å². The Bertz CT molecular complexity index is 1190. The number of carbonyl (C=O) groups excluding carboxylic acids is 2. The van der Waals surface area contributed by atoms with Crippen molar-refractivity contribution in [2.45, 2.75) is 31.1 Å². The summed E-state index contributed by atoms with van der Waals surface area (Å²) >= 11 is 0. The standard InChI is InChI=1S/C24H31N3O6S/c1-16-9-10-17(34(30,31)27-11-7-6-8-12-27)13-18(16)23(28)25-20-15-22(33-5)21(32-4)14-19(20)24(29)26(2)3/h9-10,13-15H,6-8,11-12H2,1-5H3,(H,25,28).